The van der Waals surface area contributed by atoms with Crippen molar-refractivity contribution in [3.05, 3.63) is 48.6 Å². The van der Waals surface area contributed by atoms with Crippen molar-refractivity contribution in [1.82, 2.24) is 15.5 Å². The molecule has 0 bridgehead atoms. The predicted molar refractivity (Wildman–Crippen MR) is 195 cm³/mol. The van der Waals surface area contributed by atoms with E-state index in [-0.39, 0.29) is 12.2 Å². The second-order valence-corrected chi connectivity index (χ2v) is 12.6. The van der Waals surface area contributed by atoms with Gasteiger partial charge in [0.15, 0.2) is 0 Å². The van der Waals surface area contributed by atoms with E-state index in [0.29, 0.717) is 13.1 Å². The van der Waals surface area contributed by atoms with Crippen LogP contribution in [-0.4, -0.2) is 73.6 Å². The molecule has 44 heavy (non-hydrogen) atoms. The molecule has 0 rings (SSSR count). The second-order valence-electron chi connectivity index (χ2n) is 12.6. The van der Waals surface area contributed by atoms with Crippen LogP contribution in [0.4, 0.5) is 0 Å². The third-order valence-electron chi connectivity index (χ3n) is 8.09. The summed E-state index contributed by atoms with van der Waals surface area (Å²) >= 11 is 0. The lowest BCUT2D eigenvalue weighted by Gasteiger charge is -2.19. The van der Waals surface area contributed by atoms with Gasteiger partial charge in [-0.05, 0) is 71.3 Å². The fourth-order valence-electron chi connectivity index (χ4n) is 5.07. The van der Waals surface area contributed by atoms with Crippen LogP contribution in [-0.2, 0) is 0 Å². The van der Waals surface area contributed by atoms with E-state index in [1.54, 1.807) is 0 Å². The lowest BCUT2D eigenvalue weighted by Crippen LogP contribution is -2.38. The molecule has 0 aromatic rings. The van der Waals surface area contributed by atoms with Crippen LogP contribution in [0.15, 0.2) is 48.6 Å². The first-order chi connectivity index (χ1) is 21.6. The fourth-order valence-corrected chi connectivity index (χ4v) is 5.07. The molecule has 0 aromatic heterocycles. The first kappa shape index (κ1) is 42.8. The van der Waals surface area contributed by atoms with E-state index in [2.05, 4.69) is 85.0 Å². The summed E-state index contributed by atoms with van der Waals surface area (Å²) in [5, 5.41) is 27.2. The van der Waals surface area contributed by atoms with Crippen molar-refractivity contribution in [3.8, 4) is 0 Å². The summed E-state index contributed by atoms with van der Waals surface area (Å²) in [4.78, 5) is 2.28. The molecule has 5 nitrogen and oxygen atoms in total. The number of allylic oxidation sites excluding steroid dienone is 8. The van der Waals surface area contributed by atoms with Crippen LogP contribution in [0.5, 0.6) is 0 Å². The van der Waals surface area contributed by atoms with Crippen LogP contribution >= 0.6 is 0 Å². The van der Waals surface area contributed by atoms with Crippen molar-refractivity contribution in [2.75, 3.05) is 46.3 Å². The molecule has 0 fully saturated rings. The van der Waals surface area contributed by atoms with Gasteiger partial charge in [-0.25, -0.2) is 0 Å². The molecular weight excluding hydrogens is 542 g/mol. The van der Waals surface area contributed by atoms with E-state index >= 15 is 0 Å². The van der Waals surface area contributed by atoms with Gasteiger partial charge in [0.05, 0.1) is 12.2 Å². The van der Waals surface area contributed by atoms with Crippen LogP contribution in [0.2, 0.25) is 0 Å². The first-order valence-corrected chi connectivity index (χ1v) is 18.7. The molecule has 0 amide bonds. The van der Waals surface area contributed by atoms with Crippen LogP contribution in [0.1, 0.15) is 142 Å². The molecule has 5 heteroatoms. The average Bonchev–Trinajstić information content (AvgIpc) is 3.02. The zero-order valence-corrected chi connectivity index (χ0v) is 29.5. The van der Waals surface area contributed by atoms with Gasteiger partial charge < -0.3 is 25.7 Å². The smallest absolute Gasteiger partial charge is 0.0667 e. The summed E-state index contributed by atoms with van der Waals surface area (Å²) < 4.78 is 0. The zero-order chi connectivity index (χ0) is 32.2. The number of hydrogen-bond acceptors (Lipinski definition) is 5. The number of nitrogens with one attached hydrogen (secondary N) is 2. The summed E-state index contributed by atoms with van der Waals surface area (Å²) in [5.41, 5.74) is 0. The number of hydrogen-bond donors (Lipinski definition) is 4. The maximum absolute atomic E-state index is 10.2. The van der Waals surface area contributed by atoms with E-state index in [0.717, 1.165) is 64.7 Å². The van der Waals surface area contributed by atoms with Gasteiger partial charge in [-0.2, -0.15) is 0 Å². The van der Waals surface area contributed by atoms with Crippen molar-refractivity contribution in [2.24, 2.45) is 0 Å². The highest BCUT2D eigenvalue weighted by Gasteiger charge is 2.05. The minimum Gasteiger partial charge on any atom is -0.392 e. The summed E-state index contributed by atoms with van der Waals surface area (Å²) in [6, 6.07) is 0. The number of aliphatic hydroxyl groups is 2. The van der Waals surface area contributed by atoms with Crippen molar-refractivity contribution in [1.29, 1.82) is 0 Å². The third kappa shape index (κ3) is 35.2. The SMILES string of the molecule is CCCCCCCC/C=C\C/C=C\CCC(O)CNCCN(C)CCNCC(O)CC/C=C\C/C=C\CCCCCCCC. The van der Waals surface area contributed by atoms with Crippen LogP contribution < -0.4 is 10.6 Å². The normalized spacial score (nSPS) is 14.0. The van der Waals surface area contributed by atoms with Gasteiger partial charge in [-0.3, -0.25) is 0 Å². The Bertz CT molecular complexity index is 620. The van der Waals surface area contributed by atoms with E-state index in [4.69, 9.17) is 0 Å². The molecule has 0 saturated carbocycles. The molecule has 0 aliphatic rings. The van der Waals surface area contributed by atoms with Crippen LogP contribution in [0.3, 0.4) is 0 Å². The molecule has 0 saturated heterocycles. The van der Waals surface area contributed by atoms with E-state index in [9.17, 15) is 10.2 Å². The first-order valence-electron chi connectivity index (χ1n) is 18.7. The summed E-state index contributed by atoms with van der Waals surface area (Å²) in [5.74, 6) is 0. The summed E-state index contributed by atoms with van der Waals surface area (Å²) in [6.07, 6.45) is 41.6. The molecule has 0 radical (unpaired) electrons. The Balaban J connectivity index is 3.53. The minimum absolute atomic E-state index is 0.294. The number of rotatable bonds is 34. The Labute approximate surface area is 274 Å². The van der Waals surface area contributed by atoms with Gasteiger partial charge in [0.25, 0.3) is 0 Å². The highest BCUT2D eigenvalue weighted by atomic mass is 16.3. The molecular formula is C39H75N3O2. The van der Waals surface area contributed by atoms with Gasteiger partial charge >= 0.3 is 0 Å². The number of unbranched alkanes of at least 4 members (excludes halogenated alkanes) is 12. The van der Waals surface area contributed by atoms with Crippen LogP contribution in [0.25, 0.3) is 0 Å². The molecule has 258 valence electrons. The van der Waals surface area contributed by atoms with Crippen molar-refractivity contribution in [3.63, 3.8) is 0 Å². The molecule has 0 heterocycles. The van der Waals surface area contributed by atoms with Crippen LogP contribution in [0, 0.1) is 0 Å². The molecule has 2 unspecified atom stereocenters. The predicted octanol–water partition coefficient (Wildman–Crippen LogP) is 8.89. The van der Waals surface area contributed by atoms with Crippen molar-refractivity contribution < 1.29 is 10.2 Å². The Hall–Kier alpha value is -1.24. The molecule has 0 aromatic carbocycles. The Morgan fingerprint density at radius 2 is 0.864 bits per heavy atom. The molecule has 4 N–H and O–H groups in total. The van der Waals surface area contributed by atoms with Gasteiger partial charge in [-0.1, -0.05) is 127 Å². The summed E-state index contributed by atoms with van der Waals surface area (Å²) in [7, 11) is 2.12. The van der Waals surface area contributed by atoms with E-state index in [1.807, 2.05) is 0 Å². The monoisotopic (exact) mass is 618 g/mol. The Morgan fingerprint density at radius 3 is 1.27 bits per heavy atom. The van der Waals surface area contributed by atoms with Gasteiger partial charge in [0.1, 0.15) is 0 Å². The highest BCUT2D eigenvalue weighted by molar-refractivity contribution is 4.94. The summed E-state index contributed by atoms with van der Waals surface area (Å²) in [6.45, 7) is 9.46. The van der Waals surface area contributed by atoms with Gasteiger partial charge in [0.2, 0.25) is 0 Å². The van der Waals surface area contributed by atoms with Gasteiger partial charge in [0, 0.05) is 39.3 Å². The number of aliphatic hydroxyl groups excluding tert-OH is 2. The lowest BCUT2D eigenvalue weighted by atomic mass is 10.1. The largest absolute Gasteiger partial charge is 0.392 e. The molecule has 0 aliphatic heterocycles. The topological polar surface area (TPSA) is 67.8 Å². The van der Waals surface area contributed by atoms with Crippen molar-refractivity contribution in [2.45, 2.75) is 154 Å². The molecule has 0 spiro atoms. The Morgan fingerprint density at radius 1 is 0.500 bits per heavy atom. The van der Waals surface area contributed by atoms with Crippen molar-refractivity contribution >= 4 is 0 Å². The quantitative estimate of drug-likeness (QED) is 0.0429. The fraction of sp³-hybridized carbons (Fsp3) is 0.795. The maximum Gasteiger partial charge on any atom is 0.0667 e. The number of nitrogens with zero attached hydrogens (tertiary/aromatic N) is 1. The number of likely N-dealkylation sites (N-methyl/N-ethyl adjacent to an activating group) is 1. The van der Waals surface area contributed by atoms with E-state index < -0.39 is 0 Å². The molecule has 2 atom stereocenters. The standard InChI is InChI=1S/C39H75N3O2/c1-4-6-8-10-12-14-16-18-20-22-24-26-28-30-38(43)36-40-32-34-42(3)35-33-41-37-39(44)31-29-27-25-23-21-19-17-15-13-11-9-7-5-2/h18-21,24-27,38-41,43-44H,4-17,22-23,28-37H2,1-3H3/b20-18-,21-19-,26-24-,27-25-. The highest BCUT2D eigenvalue weighted by Crippen LogP contribution is 2.09. The minimum atomic E-state index is -0.294. The second kappa shape index (κ2) is 36.2. The Kier molecular flexibility index (Phi) is 35.2. The zero-order valence-electron chi connectivity index (χ0n) is 29.5. The average molecular weight is 618 g/mol. The lowest BCUT2D eigenvalue weighted by molar-refractivity contribution is 0.159. The third-order valence-corrected chi connectivity index (χ3v) is 8.09. The van der Waals surface area contributed by atoms with Gasteiger partial charge in [-0.15, -0.1) is 0 Å². The maximum atomic E-state index is 10.2. The molecule has 0 aliphatic carbocycles. The van der Waals surface area contributed by atoms with E-state index in [1.165, 1.54) is 89.9 Å².